The molecule has 1 N–H and O–H groups in total. The molecule has 7 nitrogen and oxygen atoms in total. The van der Waals surface area contributed by atoms with Crippen LogP contribution in [0.3, 0.4) is 0 Å². The van der Waals surface area contributed by atoms with Crippen molar-refractivity contribution in [2.75, 3.05) is 19.8 Å². The summed E-state index contributed by atoms with van der Waals surface area (Å²) in [7, 11) is 0. The minimum Gasteiger partial charge on any atom is -0.465 e. The van der Waals surface area contributed by atoms with Crippen LogP contribution in [0.2, 0.25) is 0 Å². The Bertz CT molecular complexity index is 832. The van der Waals surface area contributed by atoms with Crippen molar-refractivity contribution in [1.29, 1.82) is 0 Å². The Morgan fingerprint density at radius 2 is 1.97 bits per heavy atom. The summed E-state index contributed by atoms with van der Waals surface area (Å²) in [6, 6.07) is -1.33. The van der Waals surface area contributed by atoms with Crippen LogP contribution in [0.4, 0.5) is 0 Å². The summed E-state index contributed by atoms with van der Waals surface area (Å²) in [4.78, 5) is 44.5. The van der Waals surface area contributed by atoms with Crippen LogP contribution >= 0.6 is 11.8 Å². The van der Waals surface area contributed by atoms with Crippen LogP contribution in [0, 0.1) is 11.8 Å². The normalized spacial score (nSPS) is 32.6. The number of carbonyl (C=O) groups is 3. The maximum atomic E-state index is 14.0. The number of unbranched alkanes of at least 4 members (excludes halogenated alkanes) is 2. The molecule has 0 aromatic rings. The molecular formula is C26H40N2O5S. The first kappa shape index (κ1) is 26.8. The zero-order valence-corrected chi connectivity index (χ0v) is 21.8. The third-order valence-corrected chi connectivity index (χ3v) is 9.71. The topological polar surface area (TPSA) is 87.1 Å². The van der Waals surface area contributed by atoms with Gasteiger partial charge in [-0.05, 0) is 59.8 Å². The van der Waals surface area contributed by atoms with E-state index in [9.17, 15) is 19.5 Å². The smallest absolute Gasteiger partial charge is 0.311 e. The Hall–Kier alpha value is -1.80. The van der Waals surface area contributed by atoms with Gasteiger partial charge in [-0.25, -0.2) is 0 Å². The second-order valence-corrected chi connectivity index (χ2v) is 12.2. The fourth-order valence-electron chi connectivity index (χ4n) is 6.07. The molecule has 0 aromatic heterocycles. The number of hydrogen-bond acceptors (Lipinski definition) is 6. The number of ether oxygens (including phenoxy) is 1. The molecule has 0 aromatic carbocycles. The van der Waals surface area contributed by atoms with E-state index in [4.69, 9.17) is 4.74 Å². The molecule has 1 spiro atoms. The Kier molecular flexibility index (Phi) is 8.23. The fourth-order valence-corrected chi connectivity index (χ4v) is 8.39. The predicted octanol–water partition coefficient (Wildman–Crippen LogP) is 3.17. The summed E-state index contributed by atoms with van der Waals surface area (Å²) in [5.41, 5.74) is 0. The highest BCUT2D eigenvalue weighted by atomic mass is 32.2. The van der Waals surface area contributed by atoms with Crippen molar-refractivity contribution in [2.24, 2.45) is 11.8 Å². The molecule has 3 aliphatic heterocycles. The largest absolute Gasteiger partial charge is 0.465 e. The standard InChI is InChI=1S/C26H40N2O5S/c1-7-9-10-11-15-33-24(32)20-19-22(30)28(18(5)16-29)21(23(31)27(14-8-2)17(3)4)26(19)13-12-25(20,6)34-26/h7-8,17-21,29H,1-2,9-16H2,3-6H3/t18-,19+,20+,21?,25-,26?/m1/s1. The van der Waals surface area contributed by atoms with E-state index in [-0.39, 0.29) is 30.4 Å². The summed E-state index contributed by atoms with van der Waals surface area (Å²) >= 11 is 1.62. The van der Waals surface area contributed by atoms with Gasteiger partial charge < -0.3 is 19.6 Å². The molecular weight excluding hydrogens is 452 g/mol. The lowest BCUT2D eigenvalue weighted by atomic mass is 9.66. The van der Waals surface area contributed by atoms with Gasteiger partial charge in [-0.3, -0.25) is 14.4 Å². The van der Waals surface area contributed by atoms with Crippen LogP contribution in [0.25, 0.3) is 0 Å². The summed E-state index contributed by atoms with van der Waals surface area (Å²) < 4.78 is 4.52. The molecule has 2 unspecified atom stereocenters. The molecule has 8 heteroatoms. The van der Waals surface area contributed by atoms with Crippen LogP contribution in [-0.2, 0) is 19.1 Å². The Balaban J connectivity index is 1.96. The second-order valence-electron chi connectivity index (χ2n) is 10.3. The van der Waals surface area contributed by atoms with E-state index >= 15 is 0 Å². The van der Waals surface area contributed by atoms with Gasteiger partial charge >= 0.3 is 5.97 Å². The number of hydrogen-bond donors (Lipinski definition) is 1. The predicted molar refractivity (Wildman–Crippen MR) is 134 cm³/mol. The number of likely N-dealkylation sites (tertiary alicyclic amines) is 1. The number of amides is 2. The average Bonchev–Trinajstić information content (AvgIpc) is 3.36. The summed E-state index contributed by atoms with van der Waals surface area (Å²) in [5, 5.41) is 9.97. The van der Waals surface area contributed by atoms with E-state index in [0.29, 0.717) is 19.6 Å². The van der Waals surface area contributed by atoms with E-state index in [1.165, 1.54) is 0 Å². The number of carbonyl (C=O) groups excluding carboxylic acids is 3. The first-order valence-corrected chi connectivity index (χ1v) is 13.2. The Morgan fingerprint density at radius 1 is 1.26 bits per heavy atom. The molecule has 34 heavy (non-hydrogen) atoms. The molecule has 3 rings (SSSR count). The third-order valence-electron chi connectivity index (χ3n) is 7.72. The molecule has 190 valence electrons. The van der Waals surface area contributed by atoms with Crippen molar-refractivity contribution in [2.45, 2.75) is 87.4 Å². The van der Waals surface area contributed by atoms with Crippen molar-refractivity contribution >= 4 is 29.5 Å². The van der Waals surface area contributed by atoms with Gasteiger partial charge in [0.05, 0.1) is 35.8 Å². The van der Waals surface area contributed by atoms with Crippen LogP contribution in [-0.4, -0.2) is 80.1 Å². The van der Waals surface area contributed by atoms with Crippen molar-refractivity contribution in [3.8, 4) is 0 Å². The van der Waals surface area contributed by atoms with E-state index in [1.54, 1.807) is 34.6 Å². The lowest BCUT2D eigenvalue weighted by molar-refractivity contribution is -0.156. The highest BCUT2D eigenvalue weighted by Gasteiger charge is 2.78. The first-order valence-electron chi connectivity index (χ1n) is 12.4. The molecule has 2 bridgehead atoms. The van der Waals surface area contributed by atoms with E-state index < -0.39 is 33.4 Å². The zero-order valence-electron chi connectivity index (χ0n) is 21.0. The van der Waals surface area contributed by atoms with Crippen LogP contribution in [0.1, 0.15) is 59.8 Å². The SMILES string of the molecule is C=CCCCCOC(=O)[C@@H]1[C@H]2C(=O)N([C@H](C)CO)C(C(=O)N(CC=C)C(C)C)C23CC[C@@]1(C)S3. The zero-order chi connectivity index (χ0) is 25.3. The number of aliphatic hydroxyl groups excluding tert-OH is 1. The summed E-state index contributed by atoms with van der Waals surface area (Å²) in [6.45, 7) is 15.6. The van der Waals surface area contributed by atoms with Crippen LogP contribution < -0.4 is 0 Å². The summed E-state index contributed by atoms with van der Waals surface area (Å²) in [6.07, 6.45) is 7.47. The minimum absolute atomic E-state index is 0.0714. The molecule has 6 atom stereocenters. The second kappa shape index (κ2) is 10.4. The van der Waals surface area contributed by atoms with Gasteiger partial charge in [-0.2, -0.15) is 0 Å². The number of fused-ring (bicyclic) bond motifs is 1. The van der Waals surface area contributed by atoms with E-state index in [1.807, 2.05) is 26.8 Å². The lowest BCUT2D eigenvalue weighted by Gasteiger charge is -2.40. The number of esters is 1. The number of thioether (sulfide) groups is 1. The van der Waals surface area contributed by atoms with Crippen LogP contribution in [0.15, 0.2) is 25.3 Å². The third kappa shape index (κ3) is 4.32. The van der Waals surface area contributed by atoms with Crippen molar-refractivity contribution < 1.29 is 24.2 Å². The molecule has 0 saturated carbocycles. The molecule has 2 amide bonds. The fraction of sp³-hybridized carbons (Fsp3) is 0.731. The van der Waals surface area contributed by atoms with Gasteiger partial charge in [0.15, 0.2) is 0 Å². The molecule has 3 heterocycles. The van der Waals surface area contributed by atoms with Gasteiger partial charge in [-0.15, -0.1) is 24.9 Å². The number of allylic oxidation sites excluding steroid dienone is 1. The van der Waals surface area contributed by atoms with Gasteiger partial charge in [0.2, 0.25) is 11.8 Å². The molecule has 3 aliphatic rings. The molecule has 0 radical (unpaired) electrons. The summed E-state index contributed by atoms with van der Waals surface area (Å²) in [5.74, 6) is -1.92. The Labute approximate surface area is 208 Å². The molecule has 3 saturated heterocycles. The molecule has 0 aliphatic carbocycles. The number of nitrogens with zero attached hydrogens (tertiary/aromatic N) is 2. The number of aliphatic hydroxyl groups is 1. The van der Waals surface area contributed by atoms with Crippen molar-refractivity contribution in [3.63, 3.8) is 0 Å². The van der Waals surface area contributed by atoms with E-state index in [0.717, 1.165) is 25.7 Å². The molecule has 3 fully saturated rings. The quantitative estimate of drug-likeness (QED) is 0.256. The number of rotatable bonds is 12. The van der Waals surface area contributed by atoms with E-state index in [2.05, 4.69) is 13.2 Å². The van der Waals surface area contributed by atoms with Crippen molar-refractivity contribution in [3.05, 3.63) is 25.3 Å². The maximum absolute atomic E-state index is 14.0. The first-order chi connectivity index (χ1) is 16.1. The van der Waals surface area contributed by atoms with Crippen LogP contribution in [0.5, 0.6) is 0 Å². The highest BCUT2D eigenvalue weighted by molar-refractivity contribution is 8.02. The van der Waals surface area contributed by atoms with Gasteiger partial charge in [0.25, 0.3) is 0 Å². The average molecular weight is 493 g/mol. The van der Waals surface area contributed by atoms with Gasteiger partial charge in [0.1, 0.15) is 6.04 Å². The lowest BCUT2D eigenvalue weighted by Crippen LogP contribution is -2.58. The van der Waals surface area contributed by atoms with Gasteiger partial charge in [0, 0.05) is 17.3 Å². The van der Waals surface area contributed by atoms with Crippen molar-refractivity contribution in [1.82, 2.24) is 9.80 Å². The maximum Gasteiger partial charge on any atom is 0.311 e. The minimum atomic E-state index is -0.730. The monoisotopic (exact) mass is 492 g/mol. The highest BCUT2D eigenvalue weighted by Crippen LogP contribution is 2.71. The Morgan fingerprint density at radius 3 is 2.56 bits per heavy atom. The van der Waals surface area contributed by atoms with Gasteiger partial charge in [-0.1, -0.05) is 12.2 Å².